The van der Waals surface area contributed by atoms with Gasteiger partial charge in [-0.1, -0.05) is 48.0 Å². The van der Waals surface area contributed by atoms with Crippen molar-refractivity contribution in [1.82, 2.24) is 10.6 Å². The SMILES string of the molecule is CC[C@H](C)[C@H](NC(=O)[C@@H](N)C(C)C)C(=O)N[C@@H](CC(C)C)C(=O)OC. The lowest BCUT2D eigenvalue weighted by Gasteiger charge is -2.28. The van der Waals surface area contributed by atoms with Crippen molar-refractivity contribution in [1.29, 1.82) is 0 Å². The van der Waals surface area contributed by atoms with Gasteiger partial charge in [0.25, 0.3) is 0 Å². The number of hydrogen-bond donors (Lipinski definition) is 3. The zero-order valence-corrected chi connectivity index (χ0v) is 16.6. The Labute approximate surface area is 151 Å². The van der Waals surface area contributed by atoms with Crippen molar-refractivity contribution < 1.29 is 19.1 Å². The number of amides is 2. The van der Waals surface area contributed by atoms with Gasteiger partial charge in [0, 0.05) is 0 Å². The molecule has 0 saturated heterocycles. The molecule has 0 heterocycles. The molecular weight excluding hydrogens is 322 g/mol. The first-order chi connectivity index (χ1) is 11.5. The Balaban J connectivity index is 5.21. The zero-order chi connectivity index (χ0) is 19.7. The van der Waals surface area contributed by atoms with Crippen LogP contribution in [0.1, 0.15) is 54.4 Å². The summed E-state index contributed by atoms with van der Waals surface area (Å²) in [5.41, 5.74) is 5.87. The van der Waals surface area contributed by atoms with Crippen LogP contribution >= 0.6 is 0 Å². The van der Waals surface area contributed by atoms with E-state index in [1.54, 1.807) is 0 Å². The standard InChI is InChI=1S/C18H35N3O4/c1-8-12(6)15(21-16(22)14(19)11(4)5)17(23)20-13(9-10(2)3)18(24)25-7/h10-15H,8-9,19H2,1-7H3,(H,20,23)(H,21,22)/t12-,13-,14-,15-/m0/s1. The van der Waals surface area contributed by atoms with Crippen LogP contribution in [0.4, 0.5) is 0 Å². The molecular formula is C18H35N3O4. The molecule has 146 valence electrons. The van der Waals surface area contributed by atoms with Crippen LogP contribution < -0.4 is 16.4 Å². The van der Waals surface area contributed by atoms with Gasteiger partial charge in [0.2, 0.25) is 11.8 Å². The van der Waals surface area contributed by atoms with E-state index in [9.17, 15) is 14.4 Å². The molecule has 0 radical (unpaired) electrons. The van der Waals surface area contributed by atoms with Gasteiger partial charge in [0.1, 0.15) is 12.1 Å². The predicted octanol–water partition coefficient (Wildman–Crippen LogP) is 1.20. The molecule has 0 saturated carbocycles. The molecule has 2 amide bonds. The highest BCUT2D eigenvalue weighted by atomic mass is 16.5. The van der Waals surface area contributed by atoms with Gasteiger partial charge in [0.05, 0.1) is 13.2 Å². The maximum Gasteiger partial charge on any atom is 0.328 e. The Morgan fingerprint density at radius 1 is 1.00 bits per heavy atom. The van der Waals surface area contributed by atoms with Gasteiger partial charge >= 0.3 is 5.97 Å². The van der Waals surface area contributed by atoms with Gasteiger partial charge in [-0.3, -0.25) is 9.59 Å². The minimum absolute atomic E-state index is 0.0376. The summed E-state index contributed by atoms with van der Waals surface area (Å²) >= 11 is 0. The maximum absolute atomic E-state index is 12.7. The summed E-state index contributed by atoms with van der Waals surface area (Å²) in [5, 5.41) is 5.45. The molecule has 7 heteroatoms. The Hall–Kier alpha value is -1.63. The Morgan fingerprint density at radius 3 is 1.96 bits per heavy atom. The van der Waals surface area contributed by atoms with Crippen molar-refractivity contribution in [3.8, 4) is 0 Å². The van der Waals surface area contributed by atoms with Gasteiger partial charge in [-0.15, -0.1) is 0 Å². The smallest absolute Gasteiger partial charge is 0.328 e. The monoisotopic (exact) mass is 357 g/mol. The van der Waals surface area contributed by atoms with Gasteiger partial charge < -0.3 is 21.1 Å². The number of methoxy groups -OCH3 is 1. The number of carbonyl (C=O) groups is 3. The fourth-order valence-electron chi connectivity index (χ4n) is 2.34. The van der Waals surface area contributed by atoms with Crippen molar-refractivity contribution in [2.75, 3.05) is 7.11 Å². The fraction of sp³-hybridized carbons (Fsp3) is 0.833. The molecule has 4 N–H and O–H groups in total. The van der Waals surface area contributed by atoms with Crippen molar-refractivity contribution in [3.05, 3.63) is 0 Å². The predicted molar refractivity (Wildman–Crippen MR) is 97.6 cm³/mol. The number of rotatable bonds is 10. The summed E-state index contributed by atoms with van der Waals surface area (Å²) in [6, 6.07) is -2.17. The molecule has 0 spiro atoms. The molecule has 0 aromatic rings. The van der Waals surface area contributed by atoms with Gasteiger partial charge in [-0.25, -0.2) is 4.79 Å². The summed E-state index contributed by atoms with van der Waals surface area (Å²) in [6.07, 6.45) is 1.16. The van der Waals surface area contributed by atoms with Crippen LogP contribution in [0.15, 0.2) is 0 Å². The average molecular weight is 357 g/mol. The van der Waals surface area contributed by atoms with E-state index < -0.39 is 30.0 Å². The van der Waals surface area contributed by atoms with Crippen LogP contribution in [0.5, 0.6) is 0 Å². The molecule has 0 bridgehead atoms. The molecule has 7 nitrogen and oxygen atoms in total. The third-order valence-corrected chi connectivity index (χ3v) is 4.32. The lowest BCUT2D eigenvalue weighted by atomic mass is 9.96. The van der Waals surface area contributed by atoms with Crippen LogP contribution in [-0.4, -0.2) is 43.0 Å². The normalized spacial score (nSPS) is 16.1. The first-order valence-corrected chi connectivity index (χ1v) is 8.99. The molecule has 0 aliphatic heterocycles. The van der Waals surface area contributed by atoms with E-state index in [0.717, 1.165) is 0 Å². The molecule has 0 aromatic heterocycles. The van der Waals surface area contributed by atoms with E-state index in [0.29, 0.717) is 12.8 Å². The molecule has 0 unspecified atom stereocenters. The minimum atomic E-state index is -0.749. The molecule has 25 heavy (non-hydrogen) atoms. The quantitative estimate of drug-likeness (QED) is 0.509. The molecule has 0 aliphatic rings. The lowest BCUT2D eigenvalue weighted by molar-refractivity contribution is -0.146. The van der Waals surface area contributed by atoms with Gasteiger partial charge in [0.15, 0.2) is 0 Å². The number of hydrogen-bond acceptors (Lipinski definition) is 5. The van der Waals surface area contributed by atoms with E-state index in [2.05, 4.69) is 10.6 Å². The molecule has 0 aliphatic carbocycles. The van der Waals surface area contributed by atoms with E-state index in [1.165, 1.54) is 7.11 Å². The zero-order valence-electron chi connectivity index (χ0n) is 16.6. The van der Waals surface area contributed by atoms with Crippen LogP contribution in [0.3, 0.4) is 0 Å². The lowest BCUT2D eigenvalue weighted by Crippen LogP contribution is -2.57. The maximum atomic E-state index is 12.7. The molecule has 4 atom stereocenters. The highest BCUT2D eigenvalue weighted by Gasteiger charge is 2.32. The number of nitrogens with one attached hydrogen (secondary N) is 2. The first kappa shape index (κ1) is 23.4. The Bertz CT molecular complexity index is 452. The summed E-state index contributed by atoms with van der Waals surface area (Å²) in [5.74, 6) is -1.18. The van der Waals surface area contributed by atoms with Crippen LogP contribution in [-0.2, 0) is 19.1 Å². The number of ether oxygens (including phenoxy) is 1. The third kappa shape index (κ3) is 7.86. The van der Waals surface area contributed by atoms with Crippen molar-refractivity contribution in [2.24, 2.45) is 23.5 Å². The second kappa shape index (κ2) is 11.1. The molecule has 0 rings (SSSR count). The third-order valence-electron chi connectivity index (χ3n) is 4.32. The largest absolute Gasteiger partial charge is 0.467 e. The van der Waals surface area contributed by atoms with E-state index >= 15 is 0 Å². The summed E-state index contributed by atoms with van der Waals surface area (Å²) < 4.78 is 4.77. The topological polar surface area (TPSA) is 111 Å². The van der Waals surface area contributed by atoms with Crippen molar-refractivity contribution in [3.63, 3.8) is 0 Å². The summed E-state index contributed by atoms with van der Waals surface area (Å²) in [6.45, 7) is 11.4. The average Bonchev–Trinajstić information content (AvgIpc) is 2.55. The molecule has 0 aromatic carbocycles. The molecule has 0 fully saturated rings. The van der Waals surface area contributed by atoms with E-state index in [1.807, 2.05) is 41.5 Å². The van der Waals surface area contributed by atoms with E-state index in [-0.39, 0.29) is 23.7 Å². The second-order valence-corrected chi connectivity index (χ2v) is 7.36. The number of nitrogens with two attached hydrogens (primary N) is 1. The summed E-state index contributed by atoms with van der Waals surface area (Å²) in [4.78, 5) is 36.9. The Kier molecular flexibility index (Phi) is 10.4. The number of esters is 1. The Morgan fingerprint density at radius 2 is 1.56 bits per heavy atom. The van der Waals surface area contributed by atoms with Gasteiger partial charge in [-0.05, 0) is 24.2 Å². The summed E-state index contributed by atoms with van der Waals surface area (Å²) in [7, 11) is 1.29. The van der Waals surface area contributed by atoms with Gasteiger partial charge in [-0.2, -0.15) is 0 Å². The second-order valence-electron chi connectivity index (χ2n) is 7.36. The van der Waals surface area contributed by atoms with E-state index in [4.69, 9.17) is 10.5 Å². The van der Waals surface area contributed by atoms with Crippen molar-refractivity contribution in [2.45, 2.75) is 72.5 Å². The van der Waals surface area contributed by atoms with Crippen LogP contribution in [0, 0.1) is 17.8 Å². The van der Waals surface area contributed by atoms with Crippen LogP contribution in [0.25, 0.3) is 0 Å². The van der Waals surface area contributed by atoms with Crippen molar-refractivity contribution >= 4 is 17.8 Å². The van der Waals surface area contributed by atoms with Crippen LogP contribution in [0.2, 0.25) is 0 Å². The highest BCUT2D eigenvalue weighted by Crippen LogP contribution is 2.12. The fourth-order valence-corrected chi connectivity index (χ4v) is 2.34. The highest BCUT2D eigenvalue weighted by molar-refractivity contribution is 5.92. The number of carbonyl (C=O) groups excluding carboxylic acids is 3. The first-order valence-electron chi connectivity index (χ1n) is 8.99. The minimum Gasteiger partial charge on any atom is -0.467 e.